The Bertz CT molecular complexity index is 337. The highest BCUT2D eigenvalue weighted by molar-refractivity contribution is 5.85. The molecule has 0 unspecified atom stereocenters. The normalized spacial score (nSPS) is 77.2. The zero-order valence-corrected chi connectivity index (χ0v) is 7.57. The van der Waals surface area contributed by atoms with Crippen LogP contribution in [-0.4, -0.2) is 13.1 Å². The van der Waals surface area contributed by atoms with Crippen LogP contribution < -0.4 is 0 Å². The van der Waals surface area contributed by atoms with Crippen molar-refractivity contribution < 1.29 is 9.53 Å². The molecular formula is C11H12O2. The zero-order chi connectivity index (χ0) is 8.53. The van der Waals surface area contributed by atoms with Crippen LogP contribution in [0.15, 0.2) is 0 Å². The number of methoxy groups -OCH3 is 1. The van der Waals surface area contributed by atoms with E-state index < -0.39 is 0 Å². The lowest BCUT2D eigenvalue weighted by Crippen LogP contribution is -2.90. The molecule has 0 aliphatic heterocycles. The number of hydrogen-bond donors (Lipinski definition) is 0. The van der Waals surface area contributed by atoms with Gasteiger partial charge in [0.1, 0.15) is 0 Å². The number of rotatable bonds is 1. The summed E-state index contributed by atoms with van der Waals surface area (Å²) >= 11 is 0. The molecule has 13 heavy (non-hydrogen) atoms. The van der Waals surface area contributed by atoms with E-state index in [9.17, 15) is 4.79 Å². The fourth-order valence-electron chi connectivity index (χ4n) is 6.47. The highest BCUT2D eigenvalue weighted by Crippen LogP contribution is 2.99. The van der Waals surface area contributed by atoms with Gasteiger partial charge in [-0.3, -0.25) is 4.79 Å². The van der Waals surface area contributed by atoms with Gasteiger partial charge in [0.25, 0.3) is 0 Å². The molecule has 0 heterocycles. The van der Waals surface area contributed by atoms with Crippen molar-refractivity contribution in [2.24, 2.45) is 46.8 Å². The van der Waals surface area contributed by atoms with E-state index in [0.717, 1.165) is 41.4 Å². The van der Waals surface area contributed by atoms with Crippen molar-refractivity contribution in [1.82, 2.24) is 0 Å². The maximum Gasteiger partial charge on any atom is 0.312 e. The molecular weight excluding hydrogens is 164 g/mol. The van der Waals surface area contributed by atoms with E-state index in [2.05, 4.69) is 0 Å². The summed E-state index contributed by atoms with van der Waals surface area (Å²) in [5, 5.41) is 0. The molecule has 68 valence electrons. The summed E-state index contributed by atoms with van der Waals surface area (Å²) in [6, 6.07) is 0. The Hall–Kier alpha value is -0.530. The number of ether oxygens (including phenoxy) is 1. The lowest BCUT2D eigenvalue weighted by Gasteiger charge is -2.89. The molecule has 6 saturated carbocycles. The Morgan fingerprint density at radius 1 is 1.23 bits per heavy atom. The number of esters is 1. The van der Waals surface area contributed by atoms with Crippen molar-refractivity contribution in [2.75, 3.05) is 7.11 Å². The summed E-state index contributed by atoms with van der Waals surface area (Å²) in [6.07, 6.45) is 1.46. The van der Waals surface area contributed by atoms with E-state index in [0.29, 0.717) is 0 Å². The molecule has 6 rings (SSSR count). The Balaban J connectivity index is 1.68. The van der Waals surface area contributed by atoms with Crippen LogP contribution in [0, 0.1) is 46.8 Å². The van der Waals surface area contributed by atoms with Gasteiger partial charge in [0.05, 0.1) is 12.5 Å². The Kier molecular flexibility index (Phi) is 0.591. The molecule has 0 radical (unpaired) electrons. The third kappa shape index (κ3) is 0.272. The van der Waals surface area contributed by atoms with E-state index in [-0.39, 0.29) is 11.4 Å². The van der Waals surface area contributed by atoms with Crippen LogP contribution in [0.4, 0.5) is 0 Å². The minimum Gasteiger partial charge on any atom is -0.469 e. The number of hydrogen-bond acceptors (Lipinski definition) is 2. The van der Waals surface area contributed by atoms with E-state index >= 15 is 0 Å². The summed E-state index contributed by atoms with van der Waals surface area (Å²) in [6.45, 7) is 0. The molecule has 6 fully saturated rings. The molecule has 0 aromatic rings. The highest BCUT2D eigenvalue weighted by Gasteiger charge is 3.00. The van der Waals surface area contributed by atoms with Crippen LogP contribution in [0.5, 0.6) is 0 Å². The first-order valence-corrected chi connectivity index (χ1v) is 5.42. The van der Waals surface area contributed by atoms with Crippen molar-refractivity contribution in [1.29, 1.82) is 0 Å². The molecule has 2 bridgehead atoms. The third-order valence-electron chi connectivity index (χ3n) is 6.31. The Labute approximate surface area is 76.6 Å². The van der Waals surface area contributed by atoms with Gasteiger partial charge < -0.3 is 4.74 Å². The standard InChI is InChI=1S/C11H12O2/c1-13-10(12)11-7-4-2-3-5(7)9(11)6(3)8(4)11/h3-9H,2H2,1H3/t3?,4?,5-,6-,7+,8+,9?,11?/m1/s1. The molecule has 4 atom stereocenters. The maximum atomic E-state index is 11.7. The topological polar surface area (TPSA) is 26.3 Å². The van der Waals surface area contributed by atoms with Gasteiger partial charge in [-0.15, -0.1) is 0 Å². The molecule has 6 aliphatic carbocycles. The van der Waals surface area contributed by atoms with Crippen molar-refractivity contribution in [3.63, 3.8) is 0 Å². The number of carbonyl (C=O) groups is 1. The monoisotopic (exact) mass is 176 g/mol. The van der Waals surface area contributed by atoms with Crippen molar-refractivity contribution in [3.8, 4) is 0 Å². The first-order chi connectivity index (χ1) is 6.33. The van der Waals surface area contributed by atoms with E-state index in [4.69, 9.17) is 4.74 Å². The van der Waals surface area contributed by atoms with Gasteiger partial charge >= 0.3 is 5.97 Å². The van der Waals surface area contributed by atoms with Crippen molar-refractivity contribution in [3.05, 3.63) is 0 Å². The van der Waals surface area contributed by atoms with Gasteiger partial charge in [0.15, 0.2) is 0 Å². The second-order valence-electron chi connectivity index (χ2n) is 5.72. The SMILES string of the molecule is COC(=O)C12C3[C@@H]4C5CC([C@@H]41)[C@H]2[C@@H]53. The minimum atomic E-state index is 0.0990. The summed E-state index contributed by atoms with van der Waals surface area (Å²) in [7, 11) is 1.56. The van der Waals surface area contributed by atoms with E-state index in [1.165, 1.54) is 6.42 Å². The second kappa shape index (κ2) is 1.27. The lowest BCUT2D eigenvalue weighted by molar-refractivity contribution is -0.430. The minimum absolute atomic E-state index is 0.0990. The van der Waals surface area contributed by atoms with Crippen LogP contribution in [0.1, 0.15) is 6.42 Å². The Morgan fingerprint density at radius 3 is 2.46 bits per heavy atom. The van der Waals surface area contributed by atoms with Gasteiger partial charge in [-0.25, -0.2) is 0 Å². The summed E-state index contributed by atoms with van der Waals surface area (Å²) in [4.78, 5) is 11.7. The molecule has 0 aromatic heterocycles. The average molecular weight is 176 g/mol. The average Bonchev–Trinajstić information content (AvgIpc) is 2.43. The van der Waals surface area contributed by atoms with E-state index in [1.807, 2.05) is 0 Å². The van der Waals surface area contributed by atoms with Crippen LogP contribution in [0.25, 0.3) is 0 Å². The molecule has 0 amide bonds. The first kappa shape index (κ1) is 6.05. The van der Waals surface area contributed by atoms with Gasteiger partial charge in [0, 0.05) is 0 Å². The smallest absolute Gasteiger partial charge is 0.312 e. The van der Waals surface area contributed by atoms with Crippen LogP contribution in [-0.2, 0) is 9.53 Å². The molecule has 0 spiro atoms. The second-order valence-corrected chi connectivity index (χ2v) is 5.72. The Morgan fingerprint density at radius 2 is 1.92 bits per heavy atom. The fraction of sp³-hybridized carbons (Fsp3) is 0.909. The highest BCUT2D eigenvalue weighted by atomic mass is 16.5. The van der Waals surface area contributed by atoms with Gasteiger partial charge in [0.2, 0.25) is 0 Å². The first-order valence-electron chi connectivity index (χ1n) is 5.42. The maximum absolute atomic E-state index is 11.7. The predicted octanol–water partition coefficient (Wildman–Crippen LogP) is 0.917. The quantitative estimate of drug-likeness (QED) is 0.555. The van der Waals surface area contributed by atoms with Crippen LogP contribution in [0.3, 0.4) is 0 Å². The van der Waals surface area contributed by atoms with Gasteiger partial charge in [-0.05, 0) is 47.8 Å². The van der Waals surface area contributed by atoms with E-state index in [1.54, 1.807) is 7.11 Å². The lowest BCUT2D eigenvalue weighted by atomic mass is 9.13. The predicted molar refractivity (Wildman–Crippen MR) is 43.5 cm³/mol. The van der Waals surface area contributed by atoms with Crippen LogP contribution in [0.2, 0.25) is 0 Å². The molecule has 2 nitrogen and oxygen atoms in total. The summed E-state index contributed by atoms with van der Waals surface area (Å²) < 4.78 is 4.98. The van der Waals surface area contributed by atoms with Crippen LogP contribution >= 0.6 is 0 Å². The largest absolute Gasteiger partial charge is 0.469 e. The van der Waals surface area contributed by atoms with Gasteiger partial charge in [-0.1, -0.05) is 0 Å². The number of carbonyl (C=O) groups excluding carboxylic acids is 1. The molecule has 0 saturated heterocycles. The van der Waals surface area contributed by atoms with Crippen molar-refractivity contribution in [2.45, 2.75) is 6.42 Å². The van der Waals surface area contributed by atoms with Gasteiger partial charge in [-0.2, -0.15) is 0 Å². The molecule has 0 aromatic carbocycles. The molecule has 6 aliphatic rings. The van der Waals surface area contributed by atoms with Crippen molar-refractivity contribution >= 4 is 5.97 Å². The molecule has 2 heteroatoms. The summed E-state index contributed by atoms with van der Waals surface area (Å²) in [5.74, 6) is 6.43. The summed E-state index contributed by atoms with van der Waals surface area (Å²) in [5.41, 5.74) is 0.0990. The molecule has 0 N–H and O–H groups in total. The fourth-order valence-corrected chi connectivity index (χ4v) is 6.47. The third-order valence-corrected chi connectivity index (χ3v) is 6.31. The zero-order valence-electron chi connectivity index (χ0n) is 7.57.